The molecule has 1 atom stereocenters. The van der Waals surface area contributed by atoms with Gasteiger partial charge in [-0.2, -0.15) is 0 Å². The fourth-order valence-corrected chi connectivity index (χ4v) is 2.28. The molecular weight excluding hydrogens is 252 g/mol. The molecule has 0 aliphatic heterocycles. The van der Waals surface area contributed by atoms with E-state index in [4.69, 9.17) is 9.16 Å². The van der Waals surface area contributed by atoms with Crippen LogP contribution in [0.5, 0.6) is 5.75 Å². The Morgan fingerprint density at radius 1 is 1.00 bits per heavy atom. The molecule has 0 saturated heterocycles. The molecule has 0 heterocycles. The van der Waals surface area contributed by atoms with Gasteiger partial charge in [-0.05, 0) is 29.4 Å². The van der Waals surface area contributed by atoms with E-state index in [1.165, 1.54) is 11.1 Å². The van der Waals surface area contributed by atoms with Crippen LogP contribution >= 0.6 is 0 Å². The Hall–Kier alpha value is -0.803. The highest BCUT2D eigenvalue weighted by atomic mass is 28.2. The monoisotopic (exact) mass is 277 g/mol. The van der Waals surface area contributed by atoms with E-state index in [0.717, 1.165) is 5.75 Å². The van der Waals surface area contributed by atoms with Gasteiger partial charge in [-0.1, -0.05) is 53.7 Å². The fourth-order valence-electron chi connectivity index (χ4n) is 2.23. The first-order chi connectivity index (χ1) is 8.57. The van der Waals surface area contributed by atoms with Crippen LogP contribution in [0.4, 0.5) is 0 Å². The van der Waals surface area contributed by atoms with E-state index >= 15 is 0 Å². The van der Waals surface area contributed by atoms with E-state index in [1.54, 1.807) is 0 Å². The third kappa shape index (κ3) is 4.08. The van der Waals surface area contributed by atoms with Gasteiger partial charge < -0.3 is 9.16 Å². The van der Waals surface area contributed by atoms with Gasteiger partial charge in [-0.3, -0.25) is 0 Å². The Morgan fingerprint density at radius 2 is 1.58 bits per heavy atom. The molecule has 0 amide bonds. The lowest BCUT2D eigenvalue weighted by Crippen LogP contribution is -2.25. The van der Waals surface area contributed by atoms with Crippen LogP contribution in [-0.4, -0.2) is 16.8 Å². The quantitative estimate of drug-likeness (QED) is 0.611. The zero-order valence-corrected chi connectivity index (χ0v) is 14.1. The second-order valence-corrected chi connectivity index (χ2v) is 7.22. The smallest absolute Gasteiger partial charge is 0.251 e. The van der Waals surface area contributed by atoms with Gasteiger partial charge in [0.1, 0.15) is 5.75 Å². The van der Waals surface area contributed by atoms with E-state index in [0.29, 0.717) is 0 Å². The predicted molar refractivity (Wildman–Crippen MR) is 80.8 cm³/mol. The van der Waals surface area contributed by atoms with Crippen LogP contribution in [0.15, 0.2) is 18.2 Å². The first-order valence-corrected chi connectivity index (χ1v) is 7.11. The normalized spacial score (nSPS) is 14.3. The molecule has 0 aliphatic carbocycles. The van der Waals surface area contributed by atoms with Crippen molar-refractivity contribution in [1.82, 2.24) is 0 Å². The zero-order valence-electron chi connectivity index (χ0n) is 13.1. The number of rotatable bonds is 3. The molecule has 0 aliphatic rings. The van der Waals surface area contributed by atoms with Crippen molar-refractivity contribution in [2.45, 2.75) is 65.6 Å². The van der Waals surface area contributed by atoms with Crippen molar-refractivity contribution < 1.29 is 9.16 Å². The van der Waals surface area contributed by atoms with Crippen molar-refractivity contribution in [3.63, 3.8) is 0 Å². The molecule has 0 aromatic heterocycles. The SMILES string of the molecule is CC(O[Si])Oc1cccc(C(C)(C)C)c1C(C)(C)C. The highest BCUT2D eigenvalue weighted by molar-refractivity contribution is 5.98. The summed E-state index contributed by atoms with van der Waals surface area (Å²) < 4.78 is 10.9. The summed E-state index contributed by atoms with van der Waals surface area (Å²) in [7, 11) is 3.03. The van der Waals surface area contributed by atoms with Crippen molar-refractivity contribution in [2.75, 3.05) is 0 Å². The van der Waals surface area contributed by atoms with Gasteiger partial charge in [0, 0.05) is 5.56 Å². The van der Waals surface area contributed by atoms with Crippen LogP contribution in [0, 0.1) is 0 Å². The topological polar surface area (TPSA) is 18.5 Å². The molecule has 0 saturated carbocycles. The summed E-state index contributed by atoms with van der Waals surface area (Å²) in [5.74, 6) is 0.894. The molecule has 3 radical (unpaired) electrons. The first-order valence-electron chi connectivity index (χ1n) is 6.70. The minimum absolute atomic E-state index is 0.0185. The maximum absolute atomic E-state index is 5.89. The highest BCUT2D eigenvalue weighted by Crippen LogP contribution is 2.40. The van der Waals surface area contributed by atoms with Crippen molar-refractivity contribution in [2.24, 2.45) is 0 Å². The van der Waals surface area contributed by atoms with Gasteiger partial charge in [0.15, 0.2) is 6.29 Å². The molecule has 0 bridgehead atoms. The molecule has 3 heteroatoms. The summed E-state index contributed by atoms with van der Waals surface area (Å²) in [6, 6.07) is 6.25. The van der Waals surface area contributed by atoms with Gasteiger partial charge in [-0.25, -0.2) is 0 Å². The van der Waals surface area contributed by atoms with E-state index in [9.17, 15) is 0 Å². The molecule has 1 aromatic carbocycles. The minimum Gasteiger partial charge on any atom is -0.466 e. The summed E-state index contributed by atoms with van der Waals surface area (Å²) in [5.41, 5.74) is 2.67. The summed E-state index contributed by atoms with van der Waals surface area (Å²) in [6.45, 7) is 15.2. The van der Waals surface area contributed by atoms with Crippen LogP contribution < -0.4 is 4.74 Å². The number of ether oxygens (including phenoxy) is 1. The molecule has 1 unspecified atom stereocenters. The third-order valence-electron chi connectivity index (χ3n) is 3.04. The molecular formula is C16H25O2Si. The molecule has 1 aromatic rings. The maximum Gasteiger partial charge on any atom is 0.251 e. The minimum atomic E-state index is -0.326. The predicted octanol–water partition coefficient (Wildman–Crippen LogP) is 4.11. The van der Waals surface area contributed by atoms with E-state index in [2.05, 4.69) is 58.1 Å². The third-order valence-corrected chi connectivity index (χ3v) is 3.38. The van der Waals surface area contributed by atoms with Gasteiger partial charge >= 0.3 is 0 Å². The molecule has 105 valence electrons. The molecule has 0 fully saturated rings. The Morgan fingerprint density at radius 3 is 2.00 bits per heavy atom. The summed E-state index contributed by atoms with van der Waals surface area (Å²) in [6.07, 6.45) is -0.326. The second kappa shape index (κ2) is 5.67. The summed E-state index contributed by atoms with van der Waals surface area (Å²) in [4.78, 5) is 0. The Bertz CT molecular complexity index is 427. The highest BCUT2D eigenvalue weighted by Gasteiger charge is 2.28. The Balaban J connectivity index is 3.40. The van der Waals surface area contributed by atoms with Crippen LogP contribution in [0.1, 0.15) is 59.6 Å². The largest absolute Gasteiger partial charge is 0.466 e. The average Bonchev–Trinajstić information content (AvgIpc) is 2.25. The molecule has 2 nitrogen and oxygen atoms in total. The molecule has 1 rings (SSSR count). The van der Waals surface area contributed by atoms with Gasteiger partial charge in [0.2, 0.25) is 0 Å². The van der Waals surface area contributed by atoms with Crippen LogP contribution in [0.25, 0.3) is 0 Å². The van der Waals surface area contributed by atoms with Crippen molar-refractivity contribution in [1.29, 1.82) is 0 Å². The summed E-state index contributed by atoms with van der Waals surface area (Å²) >= 11 is 0. The van der Waals surface area contributed by atoms with E-state index in [-0.39, 0.29) is 17.1 Å². The number of hydrogen-bond acceptors (Lipinski definition) is 2. The van der Waals surface area contributed by atoms with E-state index < -0.39 is 0 Å². The van der Waals surface area contributed by atoms with Crippen LogP contribution in [0.3, 0.4) is 0 Å². The van der Waals surface area contributed by atoms with Crippen LogP contribution in [0.2, 0.25) is 0 Å². The lowest BCUT2D eigenvalue weighted by atomic mass is 9.75. The Kier molecular flexibility index (Phi) is 4.85. The summed E-state index contributed by atoms with van der Waals surface area (Å²) in [5, 5.41) is 0. The van der Waals surface area contributed by atoms with Gasteiger partial charge in [-0.15, -0.1) is 0 Å². The second-order valence-electron chi connectivity index (χ2n) is 6.98. The average molecular weight is 277 g/mol. The lowest BCUT2D eigenvalue weighted by molar-refractivity contribution is 0.0279. The fraction of sp³-hybridized carbons (Fsp3) is 0.625. The van der Waals surface area contributed by atoms with Crippen molar-refractivity contribution in [3.8, 4) is 5.75 Å². The molecule has 0 N–H and O–H groups in total. The number of hydrogen-bond donors (Lipinski definition) is 0. The number of benzene rings is 1. The molecule has 19 heavy (non-hydrogen) atoms. The van der Waals surface area contributed by atoms with Crippen molar-refractivity contribution >= 4 is 10.5 Å². The van der Waals surface area contributed by atoms with Gasteiger partial charge in [0.25, 0.3) is 10.5 Å². The zero-order chi connectivity index (χ0) is 14.8. The first kappa shape index (κ1) is 16.3. The van der Waals surface area contributed by atoms with Gasteiger partial charge in [0.05, 0.1) is 0 Å². The standard InChI is InChI=1S/C16H25O2Si/c1-11(18-19)17-13-10-8-9-12(15(2,3)4)14(13)16(5,6)7/h8-11H,1-7H3. The maximum atomic E-state index is 5.89. The van der Waals surface area contributed by atoms with Crippen molar-refractivity contribution in [3.05, 3.63) is 29.3 Å². The van der Waals surface area contributed by atoms with E-state index in [1.807, 2.05) is 19.1 Å². The Labute approximate surface area is 121 Å². The van der Waals surface area contributed by atoms with Crippen LogP contribution in [-0.2, 0) is 15.3 Å². The lowest BCUT2D eigenvalue weighted by Gasteiger charge is -2.32. The molecule has 0 spiro atoms.